The molecule has 1 saturated heterocycles. The Morgan fingerprint density at radius 3 is 2.72 bits per heavy atom. The molecule has 0 radical (unpaired) electrons. The van der Waals surface area contributed by atoms with Crippen LogP contribution in [0.4, 0.5) is 0 Å². The highest BCUT2D eigenvalue weighted by atomic mass is 32.1. The summed E-state index contributed by atoms with van der Waals surface area (Å²) >= 11 is 1.64. The molecule has 1 N–H and O–H groups in total. The average molecular weight is 410 g/mol. The summed E-state index contributed by atoms with van der Waals surface area (Å²) in [5.74, 6) is 0.525. The fourth-order valence-electron chi connectivity index (χ4n) is 3.34. The van der Waals surface area contributed by atoms with Crippen molar-refractivity contribution in [1.29, 1.82) is 0 Å². The molecule has 0 aliphatic carbocycles. The summed E-state index contributed by atoms with van der Waals surface area (Å²) in [6.45, 7) is 1.71. The third-order valence-corrected chi connectivity index (χ3v) is 5.79. The predicted octanol–water partition coefficient (Wildman–Crippen LogP) is 3.95. The fraction of sp³-hybridized carbons (Fsp3) is 0.273. The molecule has 0 atom stereocenters. The molecule has 3 heterocycles. The third kappa shape index (κ3) is 4.86. The van der Waals surface area contributed by atoms with E-state index in [4.69, 9.17) is 9.15 Å². The number of hydrogen-bond acceptors (Lipinski definition) is 5. The molecule has 4 rings (SSSR count). The lowest BCUT2D eigenvalue weighted by Crippen LogP contribution is -2.46. The summed E-state index contributed by atoms with van der Waals surface area (Å²) in [6, 6.07) is 12.9. The number of nitrogens with one attached hydrogen (secondary N) is 1. The summed E-state index contributed by atoms with van der Waals surface area (Å²) in [5, 5.41) is 5.09. The van der Waals surface area contributed by atoms with Gasteiger partial charge in [-0.05, 0) is 48.6 Å². The van der Waals surface area contributed by atoms with Crippen molar-refractivity contribution < 1.29 is 18.7 Å². The van der Waals surface area contributed by atoms with Crippen molar-refractivity contribution in [1.82, 2.24) is 10.2 Å². The minimum absolute atomic E-state index is 0.0286. The number of likely N-dealkylation sites (tertiary alicyclic amines) is 1. The van der Waals surface area contributed by atoms with Gasteiger partial charge in [-0.1, -0.05) is 12.1 Å². The highest BCUT2D eigenvalue weighted by Gasteiger charge is 2.25. The second kappa shape index (κ2) is 8.96. The van der Waals surface area contributed by atoms with Gasteiger partial charge in [-0.25, -0.2) is 0 Å². The lowest BCUT2D eigenvalue weighted by atomic mass is 10.0. The van der Waals surface area contributed by atoms with Gasteiger partial charge in [0, 0.05) is 29.6 Å². The van der Waals surface area contributed by atoms with Gasteiger partial charge in [-0.2, -0.15) is 0 Å². The van der Waals surface area contributed by atoms with E-state index in [9.17, 15) is 9.59 Å². The highest BCUT2D eigenvalue weighted by Crippen LogP contribution is 2.19. The van der Waals surface area contributed by atoms with E-state index < -0.39 is 0 Å². The Kier molecular flexibility index (Phi) is 5.95. The maximum atomic E-state index is 12.6. The first kappa shape index (κ1) is 19.3. The Bertz CT molecular complexity index is 945. The molecular formula is C22H22N2O4S. The molecule has 1 aromatic carbocycles. The van der Waals surface area contributed by atoms with E-state index in [0.29, 0.717) is 36.6 Å². The number of benzene rings is 1. The number of hydrogen-bond donors (Lipinski definition) is 1. The molecule has 7 heteroatoms. The number of nitrogens with zero attached hydrogens (tertiary/aromatic N) is 1. The first-order chi connectivity index (χ1) is 14.2. The molecule has 0 saturated carbocycles. The van der Waals surface area contributed by atoms with Crippen molar-refractivity contribution in [2.45, 2.75) is 25.5 Å². The molecular weight excluding hydrogens is 388 g/mol. The van der Waals surface area contributed by atoms with Crippen LogP contribution in [0, 0.1) is 0 Å². The van der Waals surface area contributed by atoms with Crippen LogP contribution in [0.15, 0.2) is 64.8 Å². The Balaban J connectivity index is 1.28. The smallest absolute Gasteiger partial charge is 0.257 e. The largest absolute Gasteiger partial charge is 0.488 e. The maximum absolute atomic E-state index is 12.6. The maximum Gasteiger partial charge on any atom is 0.257 e. The summed E-state index contributed by atoms with van der Waals surface area (Å²) in [6.07, 6.45) is 4.41. The number of amides is 2. The number of rotatable bonds is 6. The molecule has 29 heavy (non-hydrogen) atoms. The van der Waals surface area contributed by atoms with Crippen LogP contribution < -0.4 is 10.1 Å². The molecule has 1 aliphatic heterocycles. The molecule has 0 unspecified atom stereocenters. The zero-order valence-electron chi connectivity index (χ0n) is 15.9. The molecule has 2 aromatic heterocycles. The lowest BCUT2D eigenvalue weighted by Gasteiger charge is -2.32. The second-order valence-electron chi connectivity index (χ2n) is 6.95. The van der Waals surface area contributed by atoms with Crippen LogP contribution in [0.5, 0.6) is 5.75 Å². The lowest BCUT2D eigenvalue weighted by molar-refractivity contribution is 0.0697. The molecule has 1 fully saturated rings. The van der Waals surface area contributed by atoms with Crippen LogP contribution in [-0.4, -0.2) is 35.8 Å². The molecule has 0 bridgehead atoms. The van der Waals surface area contributed by atoms with Crippen molar-refractivity contribution in [2.24, 2.45) is 0 Å². The first-order valence-electron chi connectivity index (χ1n) is 9.56. The summed E-state index contributed by atoms with van der Waals surface area (Å²) in [7, 11) is 0. The molecule has 0 spiro atoms. The number of carbonyl (C=O) groups excluding carboxylic acids is 2. The van der Waals surface area contributed by atoms with Gasteiger partial charge in [0.2, 0.25) is 0 Å². The van der Waals surface area contributed by atoms with Gasteiger partial charge < -0.3 is 19.4 Å². The van der Waals surface area contributed by atoms with Crippen molar-refractivity contribution in [2.75, 3.05) is 13.1 Å². The number of carbonyl (C=O) groups is 2. The molecule has 6 nitrogen and oxygen atoms in total. The molecule has 1 aliphatic rings. The van der Waals surface area contributed by atoms with Gasteiger partial charge in [0.1, 0.15) is 18.6 Å². The molecule has 150 valence electrons. The normalized spacial score (nSPS) is 14.6. The van der Waals surface area contributed by atoms with E-state index in [1.165, 1.54) is 12.5 Å². The minimum atomic E-state index is -0.119. The van der Waals surface area contributed by atoms with E-state index in [0.717, 1.165) is 17.7 Å². The van der Waals surface area contributed by atoms with Gasteiger partial charge >= 0.3 is 0 Å². The summed E-state index contributed by atoms with van der Waals surface area (Å²) in [5.41, 5.74) is 1.14. The monoisotopic (exact) mass is 410 g/mol. The van der Waals surface area contributed by atoms with Crippen LogP contribution >= 0.6 is 11.3 Å². The highest BCUT2D eigenvalue weighted by molar-refractivity contribution is 7.09. The van der Waals surface area contributed by atoms with E-state index >= 15 is 0 Å². The number of piperidine rings is 1. The van der Waals surface area contributed by atoms with Gasteiger partial charge in [0.15, 0.2) is 0 Å². The van der Waals surface area contributed by atoms with E-state index in [1.54, 1.807) is 34.4 Å². The van der Waals surface area contributed by atoms with Crippen LogP contribution in [0.1, 0.15) is 38.4 Å². The van der Waals surface area contributed by atoms with Crippen molar-refractivity contribution in [3.05, 3.63) is 76.4 Å². The Morgan fingerprint density at radius 2 is 2.00 bits per heavy atom. The van der Waals surface area contributed by atoms with Gasteiger partial charge in [-0.3, -0.25) is 9.59 Å². The van der Waals surface area contributed by atoms with Crippen LogP contribution in [-0.2, 0) is 6.61 Å². The molecule has 3 aromatic rings. The average Bonchev–Trinajstić information content (AvgIpc) is 3.47. The first-order valence-corrected chi connectivity index (χ1v) is 10.4. The zero-order chi connectivity index (χ0) is 20.1. The van der Waals surface area contributed by atoms with Gasteiger partial charge in [0.25, 0.3) is 11.8 Å². The quantitative estimate of drug-likeness (QED) is 0.668. The number of thiophene rings is 1. The SMILES string of the molecule is O=C(NC1CCN(C(=O)c2ccoc2)CC1)c1cccc(OCc2cccs2)c1. The predicted molar refractivity (Wildman–Crippen MR) is 110 cm³/mol. The zero-order valence-corrected chi connectivity index (χ0v) is 16.7. The van der Waals surface area contributed by atoms with E-state index in [-0.39, 0.29) is 17.9 Å². The Labute approximate surface area is 173 Å². The summed E-state index contributed by atoms with van der Waals surface area (Å²) in [4.78, 5) is 27.9. The summed E-state index contributed by atoms with van der Waals surface area (Å²) < 4.78 is 10.8. The van der Waals surface area contributed by atoms with Crippen molar-refractivity contribution >= 4 is 23.2 Å². The van der Waals surface area contributed by atoms with Crippen molar-refractivity contribution in [3.8, 4) is 5.75 Å². The van der Waals surface area contributed by atoms with E-state index in [2.05, 4.69) is 5.32 Å². The number of ether oxygens (including phenoxy) is 1. The molecule has 2 amide bonds. The fourth-order valence-corrected chi connectivity index (χ4v) is 3.96. The number of furan rings is 1. The van der Waals surface area contributed by atoms with Gasteiger partial charge in [0.05, 0.1) is 11.8 Å². The van der Waals surface area contributed by atoms with Crippen LogP contribution in [0.3, 0.4) is 0 Å². The standard InChI is InChI=1S/C22H22N2O4S/c25-21(16-3-1-4-19(13-16)28-15-20-5-2-12-29-20)23-18-6-9-24(10-7-18)22(26)17-8-11-27-14-17/h1-5,8,11-14,18H,6-7,9-10,15H2,(H,23,25). The Morgan fingerprint density at radius 1 is 1.14 bits per heavy atom. The third-order valence-electron chi connectivity index (χ3n) is 4.94. The second-order valence-corrected chi connectivity index (χ2v) is 7.98. The van der Waals surface area contributed by atoms with Crippen molar-refractivity contribution in [3.63, 3.8) is 0 Å². The van der Waals surface area contributed by atoms with Crippen LogP contribution in [0.25, 0.3) is 0 Å². The van der Waals surface area contributed by atoms with E-state index in [1.807, 2.05) is 29.6 Å². The Hall–Kier alpha value is -3.06. The minimum Gasteiger partial charge on any atom is -0.488 e. The van der Waals surface area contributed by atoms with Gasteiger partial charge in [-0.15, -0.1) is 11.3 Å². The van der Waals surface area contributed by atoms with Crippen LogP contribution in [0.2, 0.25) is 0 Å². The topological polar surface area (TPSA) is 71.8 Å².